The van der Waals surface area contributed by atoms with Gasteiger partial charge in [-0.3, -0.25) is 14.6 Å². The Kier molecular flexibility index (Phi) is 6.99. The number of primary amides is 1. The van der Waals surface area contributed by atoms with Crippen molar-refractivity contribution in [2.45, 2.75) is 25.9 Å². The molecule has 7 nitrogen and oxygen atoms in total. The van der Waals surface area contributed by atoms with Crippen LogP contribution in [-0.4, -0.2) is 71.2 Å². The molecule has 5 rings (SSSR count). The van der Waals surface area contributed by atoms with Crippen molar-refractivity contribution in [3.63, 3.8) is 0 Å². The van der Waals surface area contributed by atoms with Gasteiger partial charge < -0.3 is 15.0 Å². The molecule has 4 heterocycles. The van der Waals surface area contributed by atoms with E-state index in [0.29, 0.717) is 12.5 Å². The maximum absolute atomic E-state index is 11.1. The first-order valence-electron chi connectivity index (χ1n) is 11.6. The van der Waals surface area contributed by atoms with Crippen LogP contribution in [0.5, 0.6) is 0 Å². The van der Waals surface area contributed by atoms with Crippen LogP contribution in [0.15, 0.2) is 29.8 Å². The van der Waals surface area contributed by atoms with Crippen molar-refractivity contribution in [1.82, 2.24) is 19.4 Å². The van der Waals surface area contributed by atoms with Gasteiger partial charge in [0.2, 0.25) is 5.91 Å². The van der Waals surface area contributed by atoms with Crippen molar-refractivity contribution < 1.29 is 9.53 Å². The van der Waals surface area contributed by atoms with Crippen LogP contribution in [-0.2, 0) is 22.6 Å². The molecule has 0 bridgehead atoms. The van der Waals surface area contributed by atoms with Crippen molar-refractivity contribution in [1.29, 1.82) is 0 Å². The molecule has 0 aliphatic carbocycles. The fourth-order valence-electron chi connectivity index (χ4n) is 4.89. The lowest BCUT2D eigenvalue weighted by Gasteiger charge is -2.33. The number of nitrogens with zero attached hydrogens (tertiary/aromatic N) is 4. The Morgan fingerprint density at radius 3 is 2.70 bits per heavy atom. The summed E-state index contributed by atoms with van der Waals surface area (Å²) < 4.78 is 7.86. The van der Waals surface area contributed by atoms with Gasteiger partial charge in [0.05, 0.1) is 22.8 Å². The molecule has 0 saturated carbocycles. The average molecular weight is 488 g/mol. The normalized spacial score (nSPS) is 18.8. The highest BCUT2D eigenvalue weighted by atomic mass is 35.5. The number of aromatic nitrogens is 2. The molecule has 33 heavy (non-hydrogen) atoms. The Bertz CT molecular complexity index is 1120. The Balaban J connectivity index is 1.33. The third kappa shape index (κ3) is 5.25. The number of carbonyl (C=O) groups is 1. The first-order valence-corrected chi connectivity index (χ1v) is 12.9. The average Bonchev–Trinajstić information content (AvgIpc) is 3.41. The Labute approximate surface area is 203 Å². The van der Waals surface area contributed by atoms with E-state index in [4.69, 9.17) is 27.1 Å². The summed E-state index contributed by atoms with van der Waals surface area (Å²) >= 11 is 8.35. The zero-order valence-electron chi connectivity index (χ0n) is 18.7. The van der Waals surface area contributed by atoms with E-state index in [9.17, 15) is 4.79 Å². The SMILES string of the molecule is NC(=O)CN1CCN(Cc2csc(-c3cn(CC4CCOCC4)c4c(Cl)cccc34)n2)CC1. The molecule has 2 N–H and O–H groups in total. The summed E-state index contributed by atoms with van der Waals surface area (Å²) in [6.45, 7) is 7.36. The molecule has 2 aliphatic heterocycles. The Hall–Kier alpha value is -1.97. The fraction of sp³-hybridized carbons (Fsp3) is 0.500. The highest BCUT2D eigenvalue weighted by Crippen LogP contribution is 2.37. The van der Waals surface area contributed by atoms with E-state index in [2.05, 4.69) is 32.0 Å². The molecule has 0 radical (unpaired) electrons. The van der Waals surface area contributed by atoms with E-state index in [1.807, 2.05) is 12.1 Å². The molecule has 1 aromatic carbocycles. The van der Waals surface area contributed by atoms with E-state index < -0.39 is 0 Å². The minimum Gasteiger partial charge on any atom is -0.381 e. The van der Waals surface area contributed by atoms with Gasteiger partial charge >= 0.3 is 0 Å². The molecule has 1 amide bonds. The minimum absolute atomic E-state index is 0.260. The number of para-hydroxylation sites is 1. The Morgan fingerprint density at radius 2 is 1.94 bits per heavy atom. The van der Waals surface area contributed by atoms with Crippen molar-refractivity contribution in [2.24, 2.45) is 11.7 Å². The van der Waals surface area contributed by atoms with Crippen LogP contribution in [0.3, 0.4) is 0 Å². The molecular formula is C24H30ClN5O2S. The quantitative estimate of drug-likeness (QED) is 0.552. The molecule has 2 aromatic heterocycles. The van der Waals surface area contributed by atoms with E-state index in [1.54, 1.807) is 11.3 Å². The second-order valence-corrected chi connectivity index (χ2v) is 10.3. The first-order chi connectivity index (χ1) is 16.1. The molecular weight excluding hydrogens is 458 g/mol. The molecule has 2 saturated heterocycles. The van der Waals surface area contributed by atoms with Crippen molar-refractivity contribution in [3.8, 4) is 10.6 Å². The number of hydrogen-bond donors (Lipinski definition) is 1. The summed E-state index contributed by atoms with van der Waals surface area (Å²) in [5.41, 5.74) is 8.67. The van der Waals surface area contributed by atoms with E-state index in [1.165, 1.54) is 0 Å². The van der Waals surface area contributed by atoms with Gasteiger partial charge in [0, 0.05) is 75.0 Å². The predicted molar refractivity (Wildman–Crippen MR) is 133 cm³/mol. The van der Waals surface area contributed by atoms with Crippen molar-refractivity contribution in [3.05, 3.63) is 40.5 Å². The third-order valence-corrected chi connectivity index (χ3v) is 7.89. The zero-order chi connectivity index (χ0) is 22.8. The van der Waals surface area contributed by atoms with Crippen molar-refractivity contribution in [2.75, 3.05) is 45.9 Å². The Morgan fingerprint density at radius 1 is 1.18 bits per heavy atom. The molecule has 0 atom stereocenters. The number of fused-ring (bicyclic) bond motifs is 1. The van der Waals surface area contributed by atoms with Gasteiger partial charge in [0.15, 0.2) is 0 Å². The highest BCUT2D eigenvalue weighted by molar-refractivity contribution is 7.13. The van der Waals surface area contributed by atoms with Gasteiger partial charge in [0.25, 0.3) is 0 Å². The van der Waals surface area contributed by atoms with E-state index >= 15 is 0 Å². The number of halogens is 1. The minimum atomic E-state index is -0.260. The molecule has 176 valence electrons. The number of benzene rings is 1. The number of thiazole rings is 1. The van der Waals surface area contributed by atoms with Crippen LogP contribution in [0, 0.1) is 5.92 Å². The van der Waals surface area contributed by atoms with Gasteiger partial charge in [0.1, 0.15) is 5.01 Å². The molecule has 0 spiro atoms. The smallest absolute Gasteiger partial charge is 0.231 e. The lowest BCUT2D eigenvalue weighted by molar-refractivity contribution is -0.119. The second kappa shape index (κ2) is 10.1. The van der Waals surface area contributed by atoms with Gasteiger partial charge in [-0.25, -0.2) is 4.98 Å². The summed E-state index contributed by atoms with van der Waals surface area (Å²) in [4.78, 5) is 20.6. The van der Waals surface area contributed by atoms with Crippen LogP contribution < -0.4 is 5.73 Å². The number of carbonyl (C=O) groups excluding carboxylic acids is 1. The number of nitrogens with two attached hydrogens (primary N) is 1. The predicted octanol–water partition coefficient (Wildman–Crippen LogP) is 3.45. The molecule has 0 unspecified atom stereocenters. The van der Waals surface area contributed by atoms with Gasteiger partial charge in [-0.05, 0) is 24.8 Å². The van der Waals surface area contributed by atoms with E-state index in [0.717, 1.165) is 97.5 Å². The molecule has 9 heteroatoms. The summed E-state index contributed by atoms with van der Waals surface area (Å²) in [7, 11) is 0. The molecule has 2 aliphatic rings. The standard InChI is InChI=1S/C24H30ClN5O2S/c25-21-3-1-2-19-20(14-30(23(19)21)12-17-4-10-32-11-5-17)24-27-18(16-33-24)13-28-6-8-29(9-7-28)15-22(26)31/h1-3,14,16-17H,4-13,15H2,(H2,26,31). The maximum Gasteiger partial charge on any atom is 0.231 e. The van der Waals surface area contributed by atoms with Crippen LogP contribution >= 0.6 is 22.9 Å². The van der Waals surface area contributed by atoms with Gasteiger partial charge in [-0.15, -0.1) is 11.3 Å². The van der Waals surface area contributed by atoms with Gasteiger partial charge in [-0.1, -0.05) is 23.7 Å². The topological polar surface area (TPSA) is 76.6 Å². The number of amides is 1. The second-order valence-electron chi connectivity index (χ2n) is 9.05. The monoisotopic (exact) mass is 487 g/mol. The van der Waals surface area contributed by atoms with Crippen LogP contribution in [0.2, 0.25) is 5.02 Å². The molecule has 2 fully saturated rings. The molecule has 3 aromatic rings. The summed E-state index contributed by atoms with van der Waals surface area (Å²) in [5, 5.41) is 5.15. The zero-order valence-corrected chi connectivity index (χ0v) is 20.3. The summed E-state index contributed by atoms with van der Waals surface area (Å²) in [6.07, 6.45) is 4.42. The number of hydrogen-bond acceptors (Lipinski definition) is 6. The summed E-state index contributed by atoms with van der Waals surface area (Å²) in [6, 6.07) is 6.14. The lowest BCUT2D eigenvalue weighted by Crippen LogP contribution is -2.48. The first kappa shape index (κ1) is 22.8. The highest BCUT2D eigenvalue weighted by Gasteiger charge is 2.22. The number of piperazine rings is 1. The largest absolute Gasteiger partial charge is 0.381 e. The summed E-state index contributed by atoms with van der Waals surface area (Å²) in [5.74, 6) is 0.349. The number of ether oxygens (including phenoxy) is 1. The lowest BCUT2D eigenvalue weighted by atomic mass is 10.0. The van der Waals surface area contributed by atoms with E-state index in [-0.39, 0.29) is 5.91 Å². The number of rotatable bonds is 7. The van der Waals surface area contributed by atoms with Crippen LogP contribution in [0.4, 0.5) is 0 Å². The van der Waals surface area contributed by atoms with Crippen LogP contribution in [0.25, 0.3) is 21.5 Å². The fourth-order valence-corrected chi connectivity index (χ4v) is 6.01. The van der Waals surface area contributed by atoms with Gasteiger partial charge in [-0.2, -0.15) is 0 Å². The van der Waals surface area contributed by atoms with Crippen molar-refractivity contribution >= 4 is 39.7 Å². The van der Waals surface area contributed by atoms with Crippen LogP contribution in [0.1, 0.15) is 18.5 Å². The maximum atomic E-state index is 11.1. The third-order valence-electron chi connectivity index (χ3n) is 6.66.